The van der Waals surface area contributed by atoms with Crippen molar-refractivity contribution in [3.63, 3.8) is 0 Å². The standard InChI is InChI=1S/C9H15F3N2OS/c1-7-2-5-16-8(14-7)13-3-4-15-6-9(10,11)12/h7H,2-6H2,1H3,(H,13,14). The molecule has 0 aliphatic carbocycles. The van der Waals surface area contributed by atoms with Crippen LogP contribution in [0.4, 0.5) is 13.2 Å². The number of nitrogens with zero attached hydrogens (tertiary/aromatic N) is 1. The van der Waals surface area contributed by atoms with Crippen LogP contribution >= 0.6 is 11.8 Å². The zero-order valence-corrected chi connectivity index (χ0v) is 9.83. The minimum Gasteiger partial charge on any atom is -0.370 e. The maximum atomic E-state index is 11.7. The third kappa shape index (κ3) is 6.22. The highest BCUT2D eigenvalue weighted by atomic mass is 32.2. The van der Waals surface area contributed by atoms with E-state index in [9.17, 15) is 13.2 Å². The average Bonchev–Trinajstić information content (AvgIpc) is 2.15. The lowest BCUT2D eigenvalue weighted by Gasteiger charge is -2.21. The third-order valence-electron chi connectivity index (χ3n) is 1.92. The fourth-order valence-electron chi connectivity index (χ4n) is 1.15. The molecule has 3 nitrogen and oxygen atoms in total. The van der Waals surface area contributed by atoms with Crippen LogP contribution in [0.1, 0.15) is 13.3 Å². The summed E-state index contributed by atoms with van der Waals surface area (Å²) >= 11 is 1.59. The lowest BCUT2D eigenvalue weighted by atomic mass is 10.3. The molecule has 1 aliphatic heterocycles. The van der Waals surface area contributed by atoms with Crippen molar-refractivity contribution in [3.05, 3.63) is 0 Å². The van der Waals surface area contributed by atoms with E-state index in [0.29, 0.717) is 6.04 Å². The number of amidine groups is 1. The van der Waals surface area contributed by atoms with Gasteiger partial charge in [-0.1, -0.05) is 11.8 Å². The highest BCUT2D eigenvalue weighted by Crippen LogP contribution is 2.15. The van der Waals surface area contributed by atoms with Crippen molar-refractivity contribution in [2.24, 2.45) is 4.99 Å². The third-order valence-corrected chi connectivity index (χ3v) is 2.88. The lowest BCUT2D eigenvalue weighted by Crippen LogP contribution is -2.35. The Kier molecular flexibility index (Phi) is 5.40. The van der Waals surface area contributed by atoms with Gasteiger partial charge in [0.2, 0.25) is 0 Å². The molecule has 0 aromatic heterocycles. The van der Waals surface area contributed by atoms with E-state index in [1.54, 1.807) is 11.8 Å². The van der Waals surface area contributed by atoms with Gasteiger partial charge in [0.25, 0.3) is 0 Å². The maximum Gasteiger partial charge on any atom is 0.411 e. The Morgan fingerprint density at radius 2 is 2.31 bits per heavy atom. The normalized spacial score (nSPS) is 24.5. The molecule has 7 heteroatoms. The van der Waals surface area contributed by atoms with E-state index in [0.717, 1.165) is 17.3 Å². The highest BCUT2D eigenvalue weighted by Gasteiger charge is 2.27. The molecule has 0 saturated carbocycles. The molecule has 0 amide bonds. The van der Waals surface area contributed by atoms with E-state index in [1.807, 2.05) is 0 Å². The molecule has 16 heavy (non-hydrogen) atoms. The van der Waals surface area contributed by atoms with Gasteiger partial charge in [0.15, 0.2) is 5.17 Å². The first-order valence-electron chi connectivity index (χ1n) is 5.05. The van der Waals surface area contributed by atoms with Crippen molar-refractivity contribution in [1.29, 1.82) is 0 Å². The smallest absolute Gasteiger partial charge is 0.370 e. The summed E-state index contributed by atoms with van der Waals surface area (Å²) in [5, 5.41) is 3.96. The number of nitrogens with one attached hydrogen (secondary N) is 1. The minimum atomic E-state index is -4.25. The van der Waals surface area contributed by atoms with Gasteiger partial charge in [-0.2, -0.15) is 13.2 Å². The summed E-state index contributed by atoms with van der Waals surface area (Å²) in [6.45, 7) is 1.11. The number of rotatable bonds is 4. The zero-order chi connectivity index (χ0) is 12.0. The van der Waals surface area contributed by atoms with Crippen LogP contribution in [-0.4, -0.2) is 42.9 Å². The van der Waals surface area contributed by atoms with Crippen molar-refractivity contribution in [2.75, 3.05) is 25.5 Å². The first-order valence-corrected chi connectivity index (χ1v) is 6.04. The molecule has 0 aromatic carbocycles. The predicted molar refractivity (Wildman–Crippen MR) is 58.8 cm³/mol. The Morgan fingerprint density at radius 3 is 2.94 bits per heavy atom. The topological polar surface area (TPSA) is 33.6 Å². The van der Waals surface area contributed by atoms with E-state index in [2.05, 4.69) is 22.0 Å². The Morgan fingerprint density at radius 1 is 1.56 bits per heavy atom. The monoisotopic (exact) mass is 256 g/mol. The van der Waals surface area contributed by atoms with Crippen LogP contribution in [0.25, 0.3) is 0 Å². The van der Waals surface area contributed by atoms with Crippen LogP contribution in [0, 0.1) is 0 Å². The van der Waals surface area contributed by atoms with E-state index in [4.69, 9.17) is 0 Å². The van der Waals surface area contributed by atoms with E-state index in [-0.39, 0.29) is 13.2 Å². The number of halogens is 3. The fraction of sp³-hybridized carbons (Fsp3) is 0.889. The Labute approximate surface area is 96.8 Å². The molecule has 1 saturated heterocycles. The molecule has 0 bridgehead atoms. The molecular formula is C9H15F3N2OS. The van der Waals surface area contributed by atoms with Crippen molar-refractivity contribution in [2.45, 2.75) is 25.6 Å². The molecule has 0 spiro atoms. The number of ether oxygens (including phenoxy) is 1. The van der Waals surface area contributed by atoms with Crippen LogP contribution < -0.4 is 5.32 Å². The summed E-state index contributed by atoms with van der Waals surface area (Å²) in [6.07, 6.45) is -3.17. The second-order valence-corrected chi connectivity index (χ2v) is 4.62. The van der Waals surface area contributed by atoms with Crippen LogP contribution in [0.2, 0.25) is 0 Å². The average molecular weight is 256 g/mol. The molecule has 1 rings (SSSR count). The molecule has 1 unspecified atom stereocenters. The quantitative estimate of drug-likeness (QED) is 0.781. The van der Waals surface area contributed by atoms with Gasteiger partial charge in [-0.25, -0.2) is 0 Å². The maximum absolute atomic E-state index is 11.7. The Hall–Kier alpha value is -0.430. The summed E-state index contributed by atoms with van der Waals surface area (Å²) < 4.78 is 39.6. The largest absolute Gasteiger partial charge is 0.411 e. The number of hydrogen-bond acceptors (Lipinski definition) is 3. The molecule has 1 heterocycles. The molecular weight excluding hydrogens is 241 g/mol. The molecule has 94 valence electrons. The van der Waals surface area contributed by atoms with Gasteiger partial charge in [0.05, 0.1) is 13.2 Å². The first kappa shape index (κ1) is 13.6. The molecule has 1 aliphatic rings. The highest BCUT2D eigenvalue weighted by molar-refractivity contribution is 8.13. The molecule has 0 radical (unpaired) electrons. The number of alkyl halides is 3. The van der Waals surface area contributed by atoms with Crippen molar-refractivity contribution < 1.29 is 17.9 Å². The summed E-state index contributed by atoms with van der Waals surface area (Å²) in [5.41, 5.74) is 0. The van der Waals surface area contributed by atoms with Crippen LogP contribution in [0.5, 0.6) is 0 Å². The number of hydrogen-bond donors (Lipinski definition) is 1. The Bertz CT molecular complexity index is 245. The summed E-state index contributed by atoms with van der Waals surface area (Å²) in [4.78, 5) is 4.13. The molecule has 1 N–H and O–H groups in total. The van der Waals surface area contributed by atoms with Crippen molar-refractivity contribution >= 4 is 16.9 Å². The van der Waals surface area contributed by atoms with Crippen LogP contribution in [0.3, 0.4) is 0 Å². The molecule has 1 fully saturated rings. The van der Waals surface area contributed by atoms with E-state index >= 15 is 0 Å². The number of thioether (sulfide) groups is 1. The number of aliphatic imine (C=N–C) groups is 1. The second kappa shape index (κ2) is 6.34. The minimum absolute atomic E-state index is 0.000366. The lowest BCUT2D eigenvalue weighted by molar-refractivity contribution is -0.173. The summed E-state index contributed by atoms with van der Waals surface area (Å²) in [7, 11) is 0. The first-order chi connectivity index (χ1) is 7.47. The summed E-state index contributed by atoms with van der Waals surface area (Å²) in [5.74, 6) is 0.996. The predicted octanol–water partition coefficient (Wildman–Crippen LogP) is 2.04. The van der Waals surface area contributed by atoms with Gasteiger partial charge in [0.1, 0.15) is 6.61 Å². The summed E-state index contributed by atoms with van der Waals surface area (Å²) in [6, 6.07) is 0.385. The van der Waals surface area contributed by atoms with Gasteiger partial charge in [0, 0.05) is 11.8 Å². The van der Waals surface area contributed by atoms with Crippen molar-refractivity contribution in [3.8, 4) is 0 Å². The van der Waals surface area contributed by atoms with Crippen LogP contribution in [-0.2, 0) is 4.74 Å². The SMILES string of the molecule is CC1CCSC(=NCCOCC(F)(F)F)N1. The molecule has 0 aromatic rings. The van der Waals surface area contributed by atoms with Gasteiger partial charge >= 0.3 is 6.18 Å². The van der Waals surface area contributed by atoms with E-state index in [1.165, 1.54) is 0 Å². The Balaban J connectivity index is 2.12. The van der Waals surface area contributed by atoms with Crippen molar-refractivity contribution in [1.82, 2.24) is 5.32 Å². The van der Waals surface area contributed by atoms with Crippen LogP contribution in [0.15, 0.2) is 4.99 Å². The fourth-order valence-corrected chi connectivity index (χ4v) is 2.28. The van der Waals surface area contributed by atoms with Gasteiger partial charge in [-0.15, -0.1) is 0 Å². The zero-order valence-electron chi connectivity index (χ0n) is 9.01. The van der Waals surface area contributed by atoms with Gasteiger partial charge < -0.3 is 10.1 Å². The molecule has 1 atom stereocenters. The van der Waals surface area contributed by atoms with E-state index < -0.39 is 12.8 Å². The van der Waals surface area contributed by atoms with Gasteiger partial charge in [-0.05, 0) is 13.3 Å². The van der Waals surface area contributed by atoms with Gasteiger partial charge in [-0.3, -0.25) is 4.99 Å². The second-order valence-electron chi connectivity index (χ2n) is 3.54.